The summed E-state index contributed by atoms with van der Waals surface area (Å²) in [6.45, 7) is 8.35. The molecule has 170 valence electrons. The van der Waals surface area contributed by atoms with E-state index in [1.165, 1.54) is 13.8 Å². The largest absolute Gasteiger partial charge is 0.465 e. The smallest absolute Gasteiger partial charge is 0.323 e. The minimum absolute atomic E-state index is 0.0958. The monoisotopic (exact) mass is 484 g/mol. The average Bonchev–Trinajstić information content (AvgIpc) is 3.10. The summed E-state index contributed by atoms with van der Waals surface area (Å²) < 4.78 is 6.84. The van der Waals surface area contributed by atoms with Crippen molar-refractivity contribution in [1.29, 1.82) is 5.26 Å². The summed E-state index contributed by atoms with van der Waals surface area (Å²) in [4.78, 5) is 30.2. The maximum absolute atomic E-state index is 12.9. The third-order valence-electron chi connectivity index (χ3n) is 5.63. The van der Waals surface area contributed by atoms with Gasteiger partial charge in [0.05, 0.1) is 38.9 Å². The molecule has 2 aromatic carbocycles. The maximum atomic E-state index is 12.9. The number of hydrogen-bond acceptors (Lipinski definition) is 6. The number of carbonyl (C=O) groups excluding carboxylic acids is 2. The van der Waals surface area contributed by atoms with E-state index in [1.807, 2.05) is 0 Å². The van der Waals surface area contributed by atoms with Crippen LogP contribution < -0.4 is 5.32 Å². The Labute approximate surface area is 201 Å². The first kappa shape index (κ1) is 24.3. The molecule has 0 amide bonds. The second-order valence-electron chi connectivity index (χ2n) is 7.52. The zero-order chi connectivity index (χ0) is 24.5. The van der Waals surface area contributed by atoms with Crippen molar-refractivity contribution in [3.63, 3.8) is 0 Å². The first-order valence-electron chi connectivity index (χ1n) is 10.1. The number of hydrogen-bond donors (Lipinski definition) is 1. The number of rotatable bonds is 7. The van der Waals surface area contributed by atoms with Crippen molar-refractivity contribution in [2.45, 2.75) is 26.2 Å². The maximum Gasteiger partial charge on any atom is 0.323 e. The number of carbonyl (C=O) groups is 2. The molecule has 0 aliphatic rings. The van der Waals surface area contributed by atoms with Gasteiger partial charge in [0.25, 0.3) is 0 Å². The zero-order valence-corrected chi connectivity index (χ0v) is 20.1. The lowest BCUT2D eigenvalue weighted by Crippen LogP contribution is -2.41. The molecule has 0 bridgehead atoms. The van der Waals surface area contributed by atoms with Gasteiger partial charge < -0.3 is 14.6 Å². The summed E-state index contributed by atoms with van der Waals surface area (Å²) in [5.74, 6) is -0.820. The lowest BCUT2D eigenvalue weighted by atomic mass is 9.76. The molecule has 0 spiro atoms. The summed E-state index contributed by atoms with van der Waals surface area (Å²) >= 11 is 12.6. The van der Waals surface area contributed by atoms with Gasteiger partial charge >= 0.3 is 5.97 Å². The number of imidazole rings is 1. The molecule has 0 saturated carbocycles. The van der Waals surface area contributed by atoms with Crippen molar-refractivity contribution in [3.8, 4) is 6.07 Å². The second-order valence-corrected chi connectivity index (χ2v) is 8.33. The second kappa shape index (κ2) is 9.26. The fourth-order valence-corrected chi connectivity index (χ4v) is 4.12. The molecular weight excluding hydrogens is 463 g/mol. The molecule has 0 aliphatic heterocycles. The Morgan fingerprint density at radius 1 is 1.36 bits per heavy atom. The molecule has 9 heteroatoms. The van der Waals surface area contributed by atoms with Gasteiger partial charge in [0.1, 0.15) is 11.5 Å². The molecule has 0 fully saturated rings. The predicted molar refractivity (Wildman–Crippen MR) is 130 cm³/mol. The number of nitrogens with zero attached hydrogens (tertiary/aromatic N) is 3. The summed E-state index contributed by atoms with van der Waals surface area (Å²) in [7, 11) is 1.70. The molecule has 7 nitrogen and oxygen atoms in total. The van der Waals surface area contributed by atoms with Crippen LogP contribution in [-0.2, 0) is 26.8 Å². The Hall–Kier alpha value is -3.34. The summed E-state index contributed by atoms with van der Waals surface area (Å²) in [6.07, 6.45) is 1.55. The fourth-order valence-electron chi connectivity index (χ4n) is 3.63. The first-order valence-corrected chi connectivity index (χ1v) is 10.8. The SMILES string of the molecule is C=Cc1cc(C(C)(C(C)=O)C(=O)OCC)c(C#N)c2c1nc(Nc1c(Cl)cccc1Cl)n2C. The van der Waals surface area contributed by atoms with E-state index < -0.39 is 17.2 Å². The molecule has 33 heavy (non-hydrogen) atoms. The molecule has 1 atom stereocenters. The Balaban J connectivity index is 2.35. The molecule has 0 aliphatic carbocycles. The highest BCUT2D eigenvalue weighted by atomic mass is 35.5. The average molecular weight is 485 g/mol. The van der Waals surface area contributed by atoms with Crippen LogP contribution in [0.25, 0.3) is 17.1 Å². The van der Waals surface area contributed by atoms with Crippen LogP contribution in [0.3, 0.4) is 0 Å². The van der Waals surface area contributed by atoms with Crippen LogP contribution >= 0.6 is 23.2 Å². The van der Waals surface area contributed by atoms with Crippen molar-refractivity contribution < 1.29 is 14.3 Å². The molecule has 1 unspecified atom stereocenters. The number of anilines is 2. The van der Waals surface area contributed by atoms with Gasteiger partial charge in [-0.1, -0.05) is 41.9 Å². The number of nitriles is 1. The minimum atomic E-state index is -1.68. The van der Waals surface area contributed by atoms with E-state index >= 15 is 0 Å². The number of nitrogens with one attached hydrogen (secondary N) is 1. The Morgan fingerprint density at radius 3 is 2.52 bits per heavy atom. The Bertz CT molecular complexity index is 1320. The molecule has 1 aromatic heterocycles. The van der Waals surface area contributed by atoms with Crippen molar-refractivity contribution in [2.24, 2.45) is 7.05 Å². The number of ether oxygens (including phenoxy) is 1. The van der Waals surface area contributed by atoms with Gasteiger partial charge in [0.2, 0.25) is 5.95 Å². The number of aryl methyl sites for hydroxylation is 1. The Kier molecular flexibility index (Phi) is 6.82. The van der Waals surface area contributed by atoms with Gasteiger partial charge in [-0.25, -0.2) is 4.98 Å². The number of halogens is 2. The van der Waals surface area contributed by atoms with E-state index in [4.69, 9.17) is 27.9 Å². The van der Waals surface area contributed by atoms with E-state index in [1.54, 1.807) is 48.9 Å². The number of benzene rings is 2. The third-order valence-corrected chi connectivity index (χ3v) is 6.26. The van der Waals surface area contributed by atoms with Crippen LogP contribution in [0, 0.1) is 11.3 Å². The van der Waals surface area contributed by atoms with E-state index in [0.29, 0.717) is 38.3 Å². The third kappa shape index (κ3) is 3.97. The van der Waals surface area contributed by atoms with Crippen LogP contribution in [0.4, 0.5) is 11.6 Å². The van der Waals surface area contributed by atoms with Crippen LogP contribution in [0.2, 0.25) is 10.0 Å². The quantitative estimate of drug-likeness (QED) is 0.348. The summed E-state index contributed by atoms with van der Waals surface area (Å²) in [5.41, 5.74) is 0.568. The number of fused-ring (bicyclic) bond motifs is 1. The number of esters is 1. The zero-order valence-electron chi connectivity index (χ0n) is 18.6. The Morgan fingerprint density at radius 2 is 2.00 bits per heavy atom. The summed E-state index contributed by atoms with van der Waals surface area (Å²) in [5, 5.41) is 14.0. The highest BCUT2D eigenvalue weighted by molar-refractivity contribution is 6.39. The molecule has 3 aromatic rings. The van der Waals surface area contributed by atoms with Crippen molar-refractivity contribution in [1.82, 2.24) is 9.55 Å². The van der Waals surface area contributed by atoms with E-state index in [2.05, 4.69) is 22.9 Å². The van der Waals surface area contributed by atoms with Gasteiger partial charge in [-0.15, -0.1) is 0 Å². The molecule has 0 saturated heterocycles. The number of aromatic nitrogens is 2. The molecule has 1 N–H and O–H groups in total. The number of Topliss-reactive ketones (excluding diaryl/α,β-unsaturated/α-hetero) is 1. The molecule has 1 heterocycles. The van der Waals surface area contributed by atoms with Crippen molar-refractivity contribution >= 4 is 63.7 Å². The van der Waals surface area contributed by atoms with Gasteiger partial charge in [-0.3, -0.25) is 9.59 Å². The molecular formula is C24H22Cl2N4O3. The highest BCUT2D eigenvalue weighted by Crippen LogP contribution is 2.38. The normalized spacial score (nSPS) is 12.6. The van der Waals surface area contributed by atoms with Crippen molar-refractivity contribution in [2.75, 3.05) is 11.9 Å². The lowest BCUT2D eigenvalue weighted by Gasteiger charge is -2.26. The van der Waals surface area contributed by atoms with Crippen LogP contribution in [0.1, 0.15) is 37.5 Å². The fraction of sp³-hybridized carbons (Fsp3) is 0.250. The van der Waals surface area contributed by atoms with Crippen LogP contribution in [0.5, 0.6) is 0 Å². The van der Waals surface area contributed by atoms with Crippen molar-refractivity contribution in [3.05, 3.63) is 57.6 Å². The number of ketones is 1. The minimum Gasteiger partial charge on any atom is -0.465 e. The van der Waals surface area contributed by atoms with E-state index in [-0.39, 0.29) is 17.7 Å². The van der Waals surface area contributed by atoms with Crippen LogP contribution in [0.15, 0.2) is 30.8 Å². The standard InChI is InChI=1S/C24H22Cl2N4O3/c1-6-14-11-16(24(4,13(3)31)22(32)33-7-2)15(12-27)21-19(14)28-23(30(21)5)29-20-17(25)9-8-10-18(20)26/h6,8-11H,1,7H2,2-5H3,(H,28,29). The first-order chi connectivity index (χ1) is 15.6. The highest BCUT2D eigenvalue weighted by Gasteiger charge is 2.44. The molecule has 0 radical (unpaired) electrons. The number of para-hydroxylation sites is 1. The van der Waals surface area contributed by atoms with Gasteiger partial charge in [0, 0.05) is 12.6 Å². The van der Waals surface area contributed by atoms with Gasteiger partial charge in [-0.2, -0.15) is 5.26 Å². The summed E-state index contributed by atoms with van der Waals surface area (Å²) in [6, 6.07) is 8.83. The predicted octanol–water partition coefficient (Wildman–Crippen LogP) is 5.55. The van der Waals surface area contributed by atoms with E-state index in [0.717, 1.165) is 0 Å². The molecule has 3 rings (SSSR count). The van der Waals surface area contributed by atoms with E-state index in [9.17, 15) is 14.9 Å². The van der Waals surface area contributed by atoms with Gasteiger partial charge in [-0.05, 0) is 44.5 Å². The lowest BCUT2D eigenvalue weighted by molar-refractivity contribution is -0.152. The van der Waals surface area contributed by atoms with Gasteiger partial charge in [0.15, 0.2) is 5.78 Å². The topological polar surface area (TPSA) is 97.0 Å². The van der Waals surface area contributed by atoms with Crippen LogP contribution in [-0.4, -0.2) is 27.9 Å².